The van der Waals surface area contributed by atoms with Crippen molar-refractivity contribution in [3.63, 3.8) is 0 Å². The summed E-state index contributed by atoms with van der Waals surface area (Å²) < 4.78 is 38.4. The fourth-order valence-corrected chi connectivity index (χ4v) is 2.97. The quantitative estimate of drug-likeness (QED) is 0.610. The van der Waals surface area contributed by atoms with Crippen LogP contribution in [0.5, 0.6) is 0 Å². The molecule has 0 saturated heterocycles. The van der Waals surface area contributed by atoms with Gasteiger partial charge in [0.15, 0.2) is 0 Å². The molecule has 0 saturated carbocycles. The van der Waals surface area contributed by atoms with E-state index in [4.69, 9.17) is 5.73 Å². The molecule has 2 aromatic rings. The molecule has 33 heavy (non-hydrogen) atoms. The lowest BCUT2D eigenvalue weighted by molar-refractivity contribution is -0.160. The van der Waals surface area contributed by atoms with Gasteiger partial charge in [0, 0.05) is 18.3 Å². The molecule has 0 aliphatic heterocycles. The summed E-state index contributed by atoms with van der Waals surface area (Å²) in [5, 5.41) is 5.13. The third-order valence-electron chi connectivity index (χ3n) is 4.76. The minimum Gasteiger partial charge on any atom is -0.397 e. The van der Waals surface area contributed by atoms with Gasteiger partial charge < -0.3 is 16.4 Å². The lowest BCUT2D eigenvalue weighted by atomic mass is 9.97. The minimum absolute atomic E-state index is 0.0198. The molecule has 1 atom stereocenters. The van der Waals surface area contributed by atoms with E-state index in [0.29, 0.717) is 5.69 Å². The number of halogens is 3. The molecular weight excluding hydrogens is 435 g/mol. The van der Waals surface area contributed by atoms with Crippen molar-refractivity contribution >= 4 is 23.6 Å². The first kappa shape index (κ1) is 23.7. The van der Waals surface area contributed by atoms with E-state index in [2.05, 4.69) is 20.6 Å². The lowest BCUT2D eigenvalue weighted by Crippen LogP contribution is -2.31. The molecule has 4 N–H and O–H groups in total. The van der Waals surface area contributed by atoms with E-state index in [1.807, 2.05) is 19.1 Å². The number of amides is 2. The highest BCUT2D eigenvalue weighted by Crippen LogP contribution is 2.33. The zero-order valence-electron chi connectivity index (χ0n) is 17.7. The molecule has 10 heteroatoms. The molecule has 3 rings (SSSR count). The van der Waals surface area contributed by atoms with E-state index in [1.165, 1.54) is 24.4 Å². The smallest absolute Gasteiger partial charge is 0.395 e. The number of nitrogens with zero attached hydrogens (tertiary/aromatic N) is 2. The van der Waals surface area contributed by atoms with Crippen LogP contribution in [0, 0.1) is 12.8 Å². The summed E-state index contributed by atoms with van der Waals surface area (Å²) in [5.41, 5.74) is 7.80. The highest BCUT2D eigenvalue weighted by Gasteiger charge is 2.39. The van der Waals surface area contributed by atoms with Gasteiger partial charge in [0.05, 0.1) is 29.2 Å². The van der Waals surface area contributed by atoms with E-state index in [9.17, 15) is 22.8 Å². The molecule has 0 spiro atoms. The van der Waals surface area contributed by atoms with Gasteiger partial charge in [-0.05, 0) is 43.2 Å². The van der Waals surface area contributed by atoms with E-state index in [-0.39, 0.29) is 35.8 Å². The molecule has 2 aromatic heterocycles. The van der Waals surface area contributed by atoms with Gasteiger partial charge in [-0.2, -0.15) is 13.2 Å². The van der Waals surface area contributed by atoms with Gasteiger partial charge in [-0.3, -0.25) is 14.6 Å². The fourth-order valence-electron chi connectivity index (χ4n) is 2.97. The molecule has 1 aliphatic carbocycles. The average Bonchev–Trinajstić information content (AvgIpc) is 2.76. The van der Waals surface area contributed by atoms with E-state index >= 15 is 0 Å². The van der Waals surface area contributed by atoms with Gasteiger partial charge in [-0.25, -0.2) is 4.98 Å². The number of hydrogen-bond acceptors (Lipinski definition) is 5. The second-order valence-corrected chi connectivity index (χ2v) is 7.40. The first-order valence-electron chi connectivity index (χ1n) is 10.0. The Morgan fingerprint density at radius 2 is 1.94 bits per heavy atom. The number of alkyl halides is 3. The molecule has 0 aromatic carbocycles. The Labute approximate surface area is 188 Å². The number of aromatic nitrogens is 2. The van der Waals surface area contributed by atoms with Gasteiger partial charge in [0.1, 0.15) is 5.69 Å². The first-order chi connectivity index (χ1) is 15.6. The number of rotatable bonds is 6. The van der Waals surface area contributed by atoms with Crippen LogP contribution in [0.15, 0.2) is 66.3 Å². The zero-order chi connectivity index (χ0) is 24.0. The normalized spacial score (nSPS) is 16.2. The zero-order valence-corrected chi connectivity index (χ0v) is 17.7. The van der Waals surface area contributed by atoms with Gasteiger partial charge in [-0.1, -0.05) is 24.3 Å². The van der Waals surface area contributed by atoms with Crippen LogP contribution >= 0.6 is 0 Å². The van der Waals surface area contributed by atoms with Crippen LogP contribution in [-0.2, 0) is 4.79 Å². The Morgan fingerprint density at radius 1 is 1.15 bits per heavy atom. The number of hydrogen-bond donors (Lipinski definition) is 3. The molecule has 172 valence electrons. The molecule has 2 amide bonds. The monoisotopic (exact) mass is 457 g/mol. The van der Waals surface area contributed by atoms with Crippen molar-refractivity contribution in [1.82, 2.24) is 15.3 Å². The Kier molecular flexibility index (Phi) is 7.27. The van der Waals surface area contributed by atoms with Gasteiger partial charge >= 0.3 is 6.18 Å². The van der Waals surface area contributed by atoms with Crippen molar-refractivity contribution in [3.8, 4) is 0 Å². The Bertz CT molecular complexity index is 1100. The number of nitrogens with one attached hydrogen (secondary N) is 2. The number of nitrogens with two attached hydrogens (primary N) is 1. The van der Waals surface area contributed by atoms with E-state index < -0.39 is 18.0 Å². The molecule has 1 aliphatic rings. The summed E-state index contributed by atoms with van der Waals surface area (Å²) in [6, 6.07) is 6.66. The number of pyridine rings is 2. The maximum Gasteiger partial charge on any atom is 0.395 e. The second kappa shape index (κ2) is 10.1. The maximum absolute atomic E-state index is 12.8. The second-order valence-electron chi connectivity index (χ2n) is 7.40. The minimum atomic E-state index is -4.40. The first-order valence-corrected chi connectivity index (χ1v) is 10.0. The predicted molar refractivity (Wildman–Crippen MR) is 117 cm³/mol. The largest absolute Gasteiger partial charge is 0.397 e. The average molecular weight is 457 g/mol. The number of carbonyl (C=O) groups is 2. The third-order valence-corrected chi connectivity index (χ3v) is 4.76. The Hall–Kier alpha value is -3.95. The standard InChI is InChI=1S/C23H22F3N5O2/c1-14-5-6-15(12-28-14)3-2-4-21(32)30-17-8-10-20(29-13-17)22(33)31-19-9-7-16(11-18(19)27)23(24,25)26/h2-3,5-6,8-13,16H,4,7,27H2,1H3,(H,30,32)(H,31,33)/b3-2+. The number of carbonyl (C=O) groups excluding carboxylic acids is 2. The van der Waals surface area contributed by atoms with E-state index in [0.717, 1.165) is 17.3 Å². The molecule has 0 fully saturated rings. The highest BCUT2D eigenvalue weighted by molar-refractivity contribution is 5.95. The van der Waals surface area contributed by atoms with Crippen molar-refractivity contribution in [3.05, 3.63) is 83.2 Å². The van der Waals surface area contributed by atoms with Crippen molar-refractivity contribution in [1.29, 1.82) is 0 Å². The number of anilines is 1. The molecule has 7 nitrogen and oxygen atoms in total. The summed E-state index contributed by atoms with van der Waals surface area (Å²) in [6.07, 6.45) is 4.05. The summed E-state index contributed by atoms with van der Waals surface area (Å²) in [7, 11) is 0. The SMILES string of the molecule is Cc1ccc(/C=C/CC(=O)Nc2ccc(C(=O)NC3=CCC(C(F)(F)F)C=C3N)nc2)cn1. The summed E-state index contributed by atoms with van der Waals surface area (Å²) >= 11 is 0. The molecule has 1 unspecified atom stereocenters. The summed E-state index contributed by atoms with van der Waals surface area (Å²) in [6.45, 7) is 1.89. The Morgan fingerprint density at radius 3 is 2.55 bits per heavy atom. The summed E-state index contributed by atoms with van der Waals surface area (Å²) in [4.78, 5) is 32.6. The number of allylic oxidation sites excluding steroid dienone is 2. The van der Waals surface area contributed by atoms with Crippen LogP contribution in [0.25, 0.3) is 6.08 Å². The predicted octanol–water partition coefficient (Wildman–Crippen LogP) is 3.87. The van der Waals surface area contributed by atoms with E-state index in [1.54, 1.807) is 18.3 Å². The van der Waals surface area contributed by atoms with Crippen LogP contribution in [0.3, 0.4) is 0 Å². The van der Waals surface area contributed by atoms with Crippen LogP contribution in [0.1, 0.15) is 34.6 Å². The maximum atomic E-state index is 12.8. The van der Waals surface area contributed by atoms with Crippen LogP contribution < -0.4 is 16.4 Å². The molecule has 2 heterocycles. The van der Waals surface area contributed by atoms with Crippen LogP contribution in [-0.4, -0.2) is 28.0 Å². The topological polar surface area (TPSA) is 110 Å². The number of aryl methyl sites for hydroxylation is 1. The van der Waals surface area contributed by atoms with Crippen LogP contribution in [0.4, 0.5) is 18.9 Å². The van der Waals surface area contributed by atoms with Crippen molar-refractivity contribution < 1.29 is 22.8 Å². The van der Waals surface area contributed by atoms with Gasteiger partial charge in [0.2, 0.25) is 5.91 Å². The van der Waals surface area contributed by atoms with Crippen molar-refractivity contribution in [2.24, 2.45) is 11.7 Å². The molecule has 0 radical (unpaired) electrons. The van der Waals surface area contributed by atoms with Crippen LogP contribution in [0.2, 0.25) is 0 Å². The Balaban J connectivity index is 1.52. The third kappa shape index (κ3) is 6.76. The van der Waals surface area contributed by atoms with Gasteiger partial charge in [0.25, 0.3) is 5.91 Å². The lowest BCUT2D eigenvalue weighted by Gasteiger charge is -2.22. The molecular formula is C23H22F3N5O2. The van der Waals surface area contributed by atoms with Crippen molar-refractivity contribution in [2.45, 2.75) is 25.9 Å². The van der Waals surface area contributed by atoms with Gasteiger partial charge in [-0.15, -0.1) is 0 Å². The van der Waals surface area contributed by atoms with Crippen molar-refractivity contribution in [2.75, 3.05) is 5.32 Å². The summed E-state index contributed by atoms with van der Waals surface area (Å²) in [5.74, 6) is -2.58. The molecule has 0 bridgehead atoms. The fraction of sp³-hybridized carbons (Fsp3) is 0.217. The highest BCUT2D eigenvalue weighted by atomic mass is 19.4.